The number of aliphatic hydroxyl groups is 1. The van der Waals surface area contributed by atoms with Crippen LogP contribution in [0.2, 0.25) is 0 Å². The molecule has 0 rings (SSSR count). The lowest BCUT2D eigenvalue weighted by Gasteiger charge is -2.06. The second-order valence-corrected chi connectivity index (χ2v) is 5.54. The maximum absolute atomic E-state index is 11.3. The summed E-state index contributed by atoms with van der Waals surface area (Å²) in [6.07, 6.45) is 14.6. The Labute approximate surface area is 119 Å². The van der Waals surface area contributed by atoms with Crippen LogP contribution in [0.25, 0.3) is 0 Å². The average molecular weight is 271 g/mol. The molecule has 0 aliphatic carbocycles. The number of rotatable bonds is 14. The molecule has 3 N–H and O–H groups in total. The Kier molecular flexibility index (Phi) is 13.7. The minimum absolute atomic E-state index is 0.00146. The third-order valence-corrected chi connectivity index (χ3v) is 3.64. The van der Waals surface area contributed by atoms with Gasteiger partial charge in [-0.3, -0.25) is 4.79 Å². The van der Waals surface area contributed by atoms with Crippen molar-refractivity contribution in [2.75, 3.05) is 6.61 Å². The topological polar surface area (TPSA) is 63.3 Å². The SMILES string of the molecule is CCCCCCCCCCCCCC(=O)C(N)CO. The highest BCUT2D eigenvalue weighted by molar-refractivity contribution is 5.83. The van der Waals surface area contributed by atoms with E-state index in [1.807, 2.05) is 0 Å². The van der Waals surface area contributed by atoms with Crippen molar-refractivity contribution in [2.24, 2.45) is 5.73 Å². The smallest absolute Gasteiger partial charge is 0.151 e. The van der Waals surface area contributed by atoms with Crippen LogP contribution in [0.3, 0.4) is 0 Å². The summed E-state index contributed by atoms with van der Waals surface area (Å²) in [7, 11) is 0. The minimum atomic E-state index is -0.664. The Balaban J connectivity index is 3.13. The molecule has 0 aromatic carbocycles. The normalized spacial score (nSPS) is 12.6. The summed E-state index contributed by atoms with van der Waals surface area (Å²) in [5.41, 5.74) is 5.45. The van der Waals surface area contributed by atoms with Gasteiger partial charge in [-0.25, -0.2) is 0 Å². The molecule has 0 aliphatic rings. The van der Waals surface area contributed by atoms with E-state index < -0.39 is 6.04 Å². The van der Waals surface area contributed by atoms with Gasteiger partial charge in [-0.1, -0.05) is 71.1 Å². The molecule has 0 amide bonds. The van der Waals surface area contributed by atoms with Crippen molar-refractivity contribution in [1.82, 2.24) is 0 Å². The Morgan fingerprint density at radius 2 is 1.32 bits per heavy atom. The first-order chi connectivity index (χ1) is 9.22. The van der Waals surface area contributed by atoms with Crippen molar-refractivity contribution in [3.8, 4) is 0 Å². The highest BCUT2D eigenvalue weighted by Crippen LogP contribution is 2.12. The Hall–Kier alpha value is -0.410. The van der Waals surface area contributed by atoms with Crippen LogP contribution in [0.1, 0.15) is 84.0 Å². The molecule has 19 heavy (non-hydrogen) atoms. The number of carbonyl (C=O) groups is 1. The van der Waals surface area contributed by atoms with Crippen molar-refractivity contribution in [1.29, 1.82) is 0 Å². The zero-order chi connectivity index (χ0) is 14.3. The minimum Gasteiger partial charge on any atom is -0.394 e. The summed E-state index contributed by atoms with van der Waals surface area (Å²) in [6.45, 7) is 2.02. The molecule has 3 heteroatoms. The van der Waals surface area contributed by atoms with E-state index >= 15 is 0 Å². The number of hydrogen-bond donors (Lipinski definition) is 2. The van der Waals surface area contributed by atoms with Crippen molar-refractivity contribution in [3.05, 3.63) is 0 Å². The van der Waals surface area contributed by atoms with Gasteiger partial charge in [-0.05, 0) is 6.42 Å². The number of aliphatic hydroxyl groups excluding tert-OH is 1. The largest absolute Gasteiger partial charge is 0.394 e. The maximum atomic E-state index is 11.3. The summed E-state index contributed by atoms with van der Waals surface area (Å²) >= 11 is 0. The molecule has 0 heterocycles. The molecule has 0 aliphatic heterocycles. The third kappa shape index (κ3) is 12.4. The fourth-order valence-corrected chi connectivity index (χ4v) is 2.25. The van der Waals surface area contributed by atoms with Gasteiger partial charge in [0.2, 0.25) is 0 Å². The van der Waals surface area contributed by atoms with Gasteiger partial charge in [-0.2, -0.15) is 0 Å². The van der Waals surface area contributed by atoms with Crippen LogP contribution in [0, 0.1) is 0 Å². The zero-order valence-corrected chi connectivity index (χ0v) is 12.7. The van der Waals surface area contributed by atoms with Gasteiger partial charge in [0.1, 0.15) is 0 Å². The van der Waals surface area contributed by atoms with Crippen molar-refractivity contribution in [3.63, 3.8) is 0 Å². The van der Waals surface area contributed by atoms with Crippen molar-refractivity contribution in [2.45, 2.75) is 90.0 Å². The molecule has 0 aromatic heterocycles. The lowest BCUT2D eigenvalue weighted by Crippen LogP contribution is -2.33. The van der Waals surface area contributed by atoms with Gasteiger partial charge in [0.15, 0.2) is 5.78 Å². The van der Waals surface area contributed by atoms with E-state index in [1.54, 1.807) is 0 Å². The molecular weight excluding hydrogens is 238 g/mol. The standard InChI is InChI=1S/C16H33NO2/c1-2-3-4-5-6-7-8-9-10-11-12-13-16(19)15(17)14-18/h15,18H,2-14,17H2,1H3. The van der Waals surface area contributed by atoms with Gasteiger partial charge in [0.05, 0.1) is 12.6 Å². The van der Waals surface area contributed by atoms with Gasteiger partial charge in [0, 0.05) is 6.42 Å². The first-order valence-corrected chi connectivity index (χ1v) is 8.11. The summed E-state index contributed by atoms with van der Waals surface area (Å²) in [4.78, 5) is 11.3. The number of nitrogens with two attached hydrogens (primary N) is 1. The predicted molar refractivity (Wildman–Crippen MR) is 81.1 cm³/mol. The number of carbonyl (C=O) groups excluding carboxylic acids is 1. The third-order valence-electron chi connectivity index (χ3n) is 3.64. The Bertz CT molecular complexity index is 207. The van der Waals surface area contributed by atoms with Crippen LogP contribution in [0.5, 0.6) is 0 Å². The second-order valence-electron chi connectivity index (χ2n) is 5.54. The zero-order valence-electron chi connectivity index (χ0n) is 12.7. The van der Waals surface area contributed by atoms with E-state index in [4.69, 9.17) is 10.8 Å². The van der Waals surface area contributed by atoms with E-state index in [2.05, 4.69) is 6.92 Å². The maximum Gasteiger partial charge on any atom is 0.151 e. The molecule has 1 unspecified atom stereocenters. The lowest BCUT2D eigenvalue weighted by molar-refractivity contribution is -0.121. The molecule has 3 nitrogen and oxygen atoms in total. The summed E-state index contributed by atoms with van der Waals surface area (Å²) in [5.74, 6) is -0.00146. The molecule has 1 atom stereocenters. The summed E-state index contributed by atoms with van der Waals surface area (Å²) in [5, 5.41) is 8.74. The molecule has 0 aromatic rings. The van der Waals surface area contributed by atoms with Gasteiger partial charge < -0.3 is 10.8 Å². The molecule has 0 fully saturated rings. The number of hydrogen-bond acceptors (Lipinski definition) is 3. The van der Waals surface area contributed by atoms with E-state index in [0.717, 1.165) is 12.8 Å². The number of unbranched alkanes of at least 4 members (excludes halogenated alkanes) is 10. The van der Waals surface area contributed by atoms with Gasteiger partial charge in [-0.15, -0.1) is 0 Å². The van der Waals surface area contributed by atoms with Crippen LogP contribution >= 0.6 is 0 Å². The monoisotopic (exact) mass is 271 g/mol. The molecule has 0 radical (unpaired) electrons. The van der Waals surface area contributed by atoms with E-state index in [-0.39, 0.29) is 12.4 Å². The van der Waals surface area contributed by atoms with E-state index in [0.29, 0.717) is 6.42 Å². The predicted octanol–water partition coefficient (Wildman–Crippen LogP) is 3.58. The first-order valence-electron chi connectivity index (χ1n) is 8.11. The molecule has 0 spiro atoms. The highest BCUT2D eigenvalue weighted by Gasteiger charge is 2.10. The van der Waals surface area contributed by atoms with Crippen molar-refractivity contribution < 1.29 is 9.90 Å². The number of ketones is 1. The quantitative estimate of drug-likeness (QED) is 0.475. The average Bonchev–Trinajstić information content (AvgIpc) is 2.43. The molecule has 0 bridgehead atoms. The van der Waals surface area contributed by atoms with Gasteiger partial charge in [0.25, 0.3) is 0 Å². The number of Topliss-reactive ketones (excluding diaryl/α,β-unsaturated/α-hetero) is 1. The fraction of sp³-hybridized carbons (Fsp3) is 0.938. The molecule has 0 saturated carbocycles. The second kappa shape index (κ2) is 14.0. The Morgan fingerprint density at radius 1 is 0.895 bits per heavy atom. The van der Waals surface area contributed by atoms with Crippen molar-refractivity contribution >= 4 is 5.78 Å². The van der Waals surface area contributed by atoms with E-state index in [9.17, 15) is 4.79 Å². The van der Waals surface area contributed by atoms with Crippen LogP contribution in [-0.2, 0) is 4.79 Å². The van der Waals surface area contributed by atoms with Crippen LogP contribution in [0.15, 0.2) is 0 Å². The molecule has 114 valence electrons. The molecule has 0 saturated heterocycles. The summed E-state index contributed by atoms with van der Waals surface area (Å²) in [6, 6.07) is -0.664. The summed E-state index contributed by atoms with van der Waals surface area (Å²) < 4.78 is 0. The Morgan fingerprint density at radius 3 is 1.74 bits per heavy atom. The lowest BCUT2D eigenvalue weighted by atomic mass is 10.0. The van der Waals surface area contributed by atoms with Crippen LogP contribution in [0.4, 0.5) is 0 Å². The van der Waals surface area contributed by atoms with Gasteiger partial charge >= 0.3 is 0 Å². The van der Waals surface area contributed by atoms with E-state index in [1.165, 1.54) is 57.8 Å². The first kappa shape index (κ1) is 18.6. The highest BCUT2D eigenvalue weighted by atomic mass is 16.3. The molecular formula is C16H33NO2. The van der Waals surface area contributed by atoms with Crippen LogP contribution in [-0.4, -0.2) is 23.5 Å². The van der Waals surface area contributed by atoms with Crippen LogP contribution < -0.4 is 5.73 Å². The fourth-order valence-electron chi connectivity index (χ4n) is 2.25.